The standard InChI is InChI=1S/C12H20N2O/c15-12-3-1-2-10(6-12)7-14-9-11-4-5-13-8-11/h4-5,8,10,12-15H,1-3,6-7,9H2. The van der Waals surface area contributed by atoms with Gasteiger partial charge in [0.1, 0.15) is 0 Å². The van der Waals surface area contributed by atoms with Crippen LogP contribution < -0.4 is 5.32 Å². The highest BCUT2D eigenvalue weighted by atomic mass is 16.3. The summed E-state index contributed by atoms with van der Waals surface area (Å²) >= 11 is 0. The molecule has 0 aliphatic heterocycles. The van der Waals surface area contributed by atoms with Crippen LogP contribution in [0.15, 0.2) is 18.5 Å². The van der Waals surface area contributed by atoms with Crippen LogP contribution in [-0.4, -0.2) is 22.7 Å². The molecule has 84 valence electrons. The van der Waals surface area contributed by atoms with Crippen molar-refractivity contribution in [3.05, 3.63) is 24.0 Å². The van der Waals surface area contributed by atoms with Crippen LogP contribution in [0.1, 0.15) is 31.2 Å². The molecule has 1 aliphatic rings. The van der Waals surface area contributed by atoms with Crippen LogP contribution >= 0.6 is 0 Å². The van der Waals surface area contributed by atoms with Crippen molar-refractivity contribution in [2.45, 2.75) is 38.3 Å². The van der Waals surface area contributed by atoms with Gasteiger partial charge < -0.3 is 15.4 Å². The van der Waals surface area contributed by atoms with E-state index >= 15 is 0 Å². The highest BCUT2D eigenvalue weighted by molar-refractivity contribution is 5.07. The molecule has 1 fully saturated rings. The van der Waals surface area contributed by atoms with Crippen LogP contribution in [0, 0.1) is 5.92 Å². The Morgan fingerprint density at radius 2 is 2.40 bits per heavy atom. The molecule has 0 spiro atoms. The fourth-order valence-corrected chi connectivity index (χ4v) is 2.34. The lowest BCUT2D eigenvalue weighted by molar-refractivity contribution is 0.101. The van der Waals surface area contributed by atoms with E-state index in [0.29, 0.717) is 5.92 Å². The molecule has 2 atom stereocenters. The normalized spacial score (nSPS) is 26.7. The largest absolute Gasteiger partial charge is 0.393 e. The number of hydrogen-bond acceptors (Lipinski definition) is 2. The molecule has 1 heterocycles. The molecule has 3 N–H and O–H groups in total. The Kier molecular flexibility index (Phi) is 3.80. The van der Waals surface area contributed by atoms with Crippen molar-refractivity contribution in [1.82, 2.24) is 10.3 Å². The maximum absolute atomic E-state index is 9.53. The van der Waals surface area contributed by atoms with Gasteiger partial charge in [-0.1, -0.05) is 6.42 Å². The van der Waals surface area contributed by atoms with Crippen LogP contribution in [0.3, 0.4) is 0 Å². The van der Waals surface area contributed by atoms with Crippen molar-refractivity contribution >= 4 is 0 Å². The Morgan fingerprint density at radius 3 is 3.13 bits per heavy atom. The SMILES string of the molecule is OC1CCCC(CNCc2cc[nH]c2)C1. The minimum Gasteiger partial charge on any atom is -0.393 e. The highest BCUT2D eigenvalue weighted by Crippen LogP contribution is 2.23. The fourth-order valence-electron chi connectivity index (χ4n) is 2.34. The van der Waals surface area contributed by atoms with E-state index in [2.05, 4.69) is 16.4 Å². The lowest BCUT2D eigenvalue weighted by Gasteiger charge is -2.25. The summed E-state index contributed by atoms with van der Waals surface area (Å²) < 4.78 is 0. The third kappa shape index (κ3) is 3.36. The Hall–Kier alpha value is -0.800. The van der Waals surface area contributed by atoms with Crippen molar-refractivity contribution in [1.29, 1.82) is 0 Å². The van der Waals surface area contributed by atoms with Gasteiger partial charge in [-0.15, -0.1) is 0 Å². The second-order valence-electron chi connectivity index (χ2n) is 4.54. The Labute approximate surface area is 90.9 Å². The minimum atomic E-state index is -0.0576. The third-order valence-electron chi connectivity index (χ3n) is 3.18. The zero-order chi connectivity index (χ0) is 10.5. The van der Waals surface area contributed by atoms with Crippen molar-refractivity contribution < 1.29 is 5.11 Å². The van der Waals surface area contributed by atoms with Gasteiger partial charge in [-0.05, 0) is 43.4 Å². The predicted molar refractivity (Wildman–Crippen MR) is 60.5 cm³/mol. The summed E-state index contributed by atoms with van der Waals surface area (Å²) in [6, 6.07) is 2.09. The van der Waals surface area contributed by atoms with Gasteiger partial charge in [0.25, 0.3) is 0 Å². The summed E-state index contributed by atoms with van der Waals surface area (Å²) in [5.41, 5.74) is 1.30. The van der Waals surface area contributed by atoms with E-state index in [1.54, 1.807) is 0 Å². The first-order chi connectivity index (χ1) is 7.34. The molecule has 0 radical (unpaired) electrons. The van der Waals surface area contributed by atoms with E-state index in [0.717, 1.165) is 25.9 Å². The van der Waals surface area contributed by atoms with Gasteiger partial charge in [0.2, 0.25) is 0 Å². The maximum Gasteiger partial charge on any atom is 0.0543 e. The van der Waals surface area contributed by atoms with Crippen molar-refractivity contribution in [3.63, 3.8) is 0 Å². The van der Waals surface area contributed by atoms with Crippen molar-refractivity contribution in [2.24, 2.45) is 5.92 Å². The molecule has 1 aliphatic carbocycles. The van der Waals surface area contributed by atoms with Crippen LogP contribution in [0.5, 0.6) is 0 Å². The van der Waals surface area contributed by atoms with E-state index in [9.17, 15) is 5.11 Å². The molecule has 0 bridgehead atoms. The Balaban J connectivity index is 1.65. The first-order valence-corrected chi connectivity index (χ1v) is 5.85. The van der Waals surface area contributed by atoms with E-state index in [4.69, 9.17) is 0 Å². The zero-order valence-electron chi connectivity index (χ0n) is 9.08. The summed E-state index contributed by atoms with van der Waals surface area (Å²) in [5.74, 6) is 0.660. The molecular weight excluding hydrogens is 188 g/mol. The molecule has 0 saturated heterocycles. The van der Waals surface area contributed by atoms with E-state index in [1.807, 2.05) is 12.4 Å². The van der Waals surface area contributed by atoms with Crippen LogP contribution in [0.2, 0.25) is 0 Å². The molecule has 0 aromatic carbocycles. The number of rotatable bonds is 4. The van der Waals surface area contributed by atoms with Gasteiger partial charge >= 0.3 is 0 Å². The predicted octanol–water partition coefficient (Wildman–Crippen LogP) is 1.66. The van der Waals surface area contributed by atoms with Crippen molar-refractivity contribution in [2.75, 3.05) is 6.54 Å². The maximum atomic E-state index is 9.53. The number of aliphatic hydroxyl groups excluding tert-OH is 1. The number of aromatic nitrogens is 1. The molecule has 0 amide bonds. The average Bonchev–Trinajstić information content (AvgIpc) is 2.71. The van der Waals surface area contributed by atoms with Gasteiger partial charge in [-0.3, -0.25) is 0 Å². The summed E-state index contributed by atoms with van der Waals surface area (Å²) in [7, 11) is 0. The summed E-state index contributed by atoms with van der Waals surface area (Å²) in [6.07, 6.45) is 8.31. The lowest BCUT2D eigenvalue weighted by atomic mass is 9.87. The van der Waals surface area contributed by atoms with Gasteiger partial charge in [-0.25, -0.2) is 0 Å². The monoisotopic (exact) mass is 208 g/mol. The minimum absolute atomic E-state index is 0.0576. The highest BCUT2D eigenvalue weighted by Gasteiger charge is 2.19. The number of nitrogens with one attached hydrogen (secondary N) is 2. The van der Waals surface area contributed by atoms with E-state index in [-0.39, 0.29) is 6.10 Å². The second kappa shape index (κ2) is 5.33. The Bertz CT molecular complexity index is 271. The summed E-state index contributed by atoms with van der Waals surface area (Å²) in [6.45, 7) is 1.96. The van der Waals surface area contributed by atoms with Gasteiger partial charge in [0.05, 0.1) is 6.10 Å². The quantitative estimate of drug-likeness (QED) is 0.704. The second-order valence-corrected chi connectivity index (χ2v) is 4.54. The van der Waals surface area contributed by atoms with Crippen LogP contribution in [-0.2, 0) is 6.54 Å². The molecule has 3 heteroatoms. The van der Waals surface area contributed by atoms with Crippen LogP contribution in [0.4, 0.5) is 0 Å². The number of aromatic amines is 1. The number of aliphatic hydroxyl groups is 1. The smallest absolute Gasteiger partial charge is 0.0543 e. The first kappa shape index (κ1) is 10.7. The van der Waals surface area contributed by atoms with Gasteiger partial charge in [-0.2, -0.15) is 0 Å². The zero-order valence-corrected chi connectivity index (χ0v) is 9.08. The number of hydrogen-bond donors (Lipinski definition) is 3. The van der Waals surface area contributed by atoms with E-state index < -0.39 is 0 Å². The molecule has 2 rings (SSSR count). The Morgan fingerprint density at radius 1 is 1.47 bits per heavy atom. The van der Waals surface area contributed by atoms with Gasteiger partial charge in [0.15, 0.2) is 0 Å². The lowest BCUT2D eigenvalue weighted by Crippen LogP contribution is -2.28. The molecule has 1 aromatic rings. The molecule has 1 aromatic heterocycles. The third-order valence-corrected chi connectivity index (χ3v) is 3.18. The topological polar surface area (TPSA) is 48.0 Å². The summed E-state index contributed by atoms with van der Waals surface area (Å²) in [5, 5.41) is 13.0. The molecule has 1 saturated carbocycles. The van der Waals surface area contributed by atoms with Crippen LogP contribution in [0.25, 0.3) is 0 Å². The fraction of sp³-hybridized carbons (Fsp3) is 0.667. The average molecular weight is 208 g/mol. The molecule has 15 heavy (non-hydrogen) atoms. The van der Waals surface area contributed by atoms with Gasteiger partial charge in [0, 0.05) is 18.9 Å². The number of H-pyrrole nitrogens is 1. The first-order valence-electron chi connectivity index (χ1n) is 5.85. The molecule has 2 unspecified atom stereocenters. The molecule has 3 nitrogen and oxygen atoms in total. The molecular formula is C12H20N2O. The summed E-state index contributed by atoms with van der Waals surface area (Å²) in [4.78, 5) is 3.05. The van der Waals surface area contributed by atoms with E-state index in [1.165, 1.54) is 18.4 Å². The van der Waals surface area contributed by atoms with Crippen molar-refractivity contribution in [3.8, 4) is 0 Å².